The fourth-order valence-electron chi connectivity index (χ4n) is 2.00. The van der Waals surface area contributed by atoms with Gasteiger partial charge in [0.2, 0.25) is 0 Å². The van der Waals surface area contributed by atoms with E-state index in [2.05, 4.69) is 10.4 Å². The predicted molar refractivity (Wildman–Crippen MR) is 69.9 cm³/mol. The Morgan fingerprint density at radius 1 is 1.53 bits per heavy atom. The Morgan fingerprint density at radius 3 is 2.89 bits per heavy atom. The van der Waals surface area contributed by atoms with Crippen LogP contribution in [0.4, 0.5) is 0 Å². The van der Waals surface area contributed by atoms with E-state index >= 15 is 0 Å². The Labute approximate surface area is 111 Å². The normalized spacial score (nSPS) is 21.8. The van der Waals surface area contributed by atoms with Crippen LogP contribution in [0.2, 0.25) is 0 Å². The van der Waals surface area contributed by atoms with Crippen molar-refractivity contribution in [2.24, 2.45) is 0 Å². The summed E-state index contributed by atoms with van der Waals surface area (Å²) in [5.41, 5.74) is 0.0566. The van der Waals surface area contributed by atoms with E-state index < -0.39 is 0 Å². The molecule has 2 rings (SSSR count). The SMILES string of the molecule is CCCCn1nc(C(=O)NC2CC(O)C2)ccc1=O. The lowest BCUT2D eigenvalue weighted by Crippen LogP contribution is -2.47. The van der Waals surface area contributed by atoms with Crippen LogP contribution in [0.5, 0.6) is 0 Å². The zero-order chi connectivity index (χ0) is 13.8. The average Bonchev–Trinajstić information content (AvgIpc) is 2.36. The monoisotopic (exact) mass is 265 g/mol. The third kappa shape index (κ3) is 3.41. The zero-order valence-electron chi connectivity index (χ0n) is 11.0. The number of aliphatic hydroxyl groups is 1. The van der Waals surface area contributed by atoms with Crippen LogP contribution < -0.4 is 10.9 Å². The van der Waals surface area contributed by atoms with Crippen LogP contribution in [-0.2, 0) is 6.54 Å². The summed E-state index contributed by atoms with van der Waals surface area (Å²) in [7, 11) is 0. The number of amides is 1. The zero-order valence-corrected chi connectivity index (χ0v) is 11.0. The maximum absolute atomic E-state index is 11.9. The number of nitrogens with zero attached hydrogens (tertiary/aromatic N) is 2. The summed E-state index contributed by atoms with van der Waals surface area (Å²) in [6.07, 6.45) is 2.68. The molecule has 1 aliphatic carbocycles. The first-order valence-corrected chi connectivity index (χ1v) is 6.67. The highest BCUT2D eigenvalue weighted by Gasteiger charge is 2.29. The van der Waals surface area contributed by atoms with Crippen LogP contribution >= 0.6 is 0 Å². The van der Waals surface area contributed by atoms with Crippen molar-refractivity contribution in [3.8, 4) is 0 Å². The number of carbonyl (C=O) groups excluding carboxylic acids is 1. The van der Waals surface area contributed by atoms with Crippen LogP contribution in [-0.4, -0.2) is 32.9 Å². The van der Waals surface area contributed by atoms with Gasteiger partial charge in [0, 0.05) is 18.7 Å². The van der Waals surface area contributed by atoms with Crippen molar-refractivity contribution in [2.75, 3.05) is 0 Å². The van der Waals surface area contributed by atoms with Crippen molar-refractivity contribution in [2.45, 2.75) is 51.3 Å². The van der Waals surface area contributed by atoms with Gasteiger partial charge in [-0.3, -0.25) is 9.59 Å². The second kappa shape index (κ2) is 5.97. The lowest BCUT2D eigenvalue weighted by Gasteiger charge is -2.31. The number of aryl methyl sites for hydroxylation is 1. The molecule has 1 aromatic rings. The number of rotatable bonds is 5. The van der Waals surface area contributed by atoms with E-state index in [4.69, 9.17) is 5.11 Å². The summed E-state index contributed by atoms with van der Waals surface area (Å²) in [5.74, 6) is -0.290. The molecule has 0 aliphatic heterocycles. The largest absolute Gasteiger partial charge is 0.393 e. The minimum Gasteiger partial charge on any atom is -0.393 e. The summed E-state index contributed by atoms with van der Waals surface area (Å²) in [6, 6.07) is 2.82. The van der Waals surface area contributed by atoms with Gasteiger partial charge in [-0.15, -0.1) is 0 Å². The molecule has 0 atom stereocenters. The van der Waals surface area contributed by atoms with Gasteiger partial charge in [0.1, 0.15) is 5.69 Å². The second-order valence-corrected chi connectivity index (χ2v) is 4.93. The lowest BCUT2D eigenvalue weighted by atomic mass is 9.89. The van der Waals surface area contributed by atoms with Crippen molar-refractivity contribution < 1.29 is 9.90 Å². The first-order valence-electron chi connectivity index (χ1n) is 6.67. The van der Waals surface area contributed by atoms with Gasteiger partial charge in [0.15, 0.2) is 0 Å². The smallest absolute Gasteiger partial charge is 0.271 e. The summed E-state index contributed by atoms with van der Waals surface area (Å²) >= 11 is 0. The fraction of sp³-hybridized carbons (Fsp3) is 0.615. The van der Waals surface area contributed by atoms with Gasteiger partial charge in [-0.1, -0.05) is 13.3 Å². The average molecular weight is 265 g/mol. The van der Waals surface area contributed by atoms with Crippen molar-refractivity contribution in [1.82, 2.24) is 15.1 Å². The molecule has 0 spiro atoms. The number of hydrogen-bond acceptors (Lipinski definition) is 4. The molecule has 1 aliphatic rings. The molecule has 6 nitrogen and oxygen atoms in total. The van der Waals surface area contributed by atoms with E-state index in [-0.39, 0.29) is 29.3 Å². The molecule has 2 N–H and O–H groups in total. The number of nitrogens with one attached hydrogen (secondary N) is 1. The van der Waals surface area contributed by atoms with Crippen molar-refractivity contribution in [1.29, 1.82) is 0 Å². The van der Waals surface area contributed by atoms with Crippen molar-refractivity contribution in [3.05, 3.63) is 28.2 Å². The van der Waals surface area contributed by atoms with Gasteiger partial charge in [-0.25, -0.2) is 4.68 Å². The molecule has 1 amide bonds. The number of unbranched alkanes of at least 4 members (excludes halogenated alkanes) is 1. The van der Waals surface area contributed by atoms with E-state index in [9.17, 15) is 9.59 Å². The van der Waals surface area contributed by atoms with E-state index in [1.165, 1.54) is 16.8 Å². The van der Waals surface area contributed by atoms with Gasteiger partial charge in [-0.05, 0) is 25.3 Å². The second-order valence-electron chi connectivity index (χ2n) is 4.93. The highest BCUT2D eigenvalue weighted by atomic mass is 16.3. The van der Waals surface area contributed by atoms with E-state index in [1.807, 2.05) is 6.92 Å². The third-order valence-corrected chi connectivity index (χ3v) is 3.27. The molecule has 1 heterocycles. The predicted octanol–water partition coefficient (Wildman–Crippen LogP) is 0.296. The van der Waals surface area contributed by atoms with E-state index in [0.29, 0.717) is 19.4 Å². The molecule has 6 heteroatoms. The summed E-state index contributed by atoms with van der Waals surface area (Å²) in [5, 5.41) is 16.0. The van der Waals surface area contributed by atoms with Gasteiger partial charge in [0.25, 0.3) is 11.5 Å². The maximum atomic E-state index is 11.9. The molecular formula is C13H19N3O3. The Hall–Kier alpha value is -1.69. The topological polar surface area (TPSA) is 84.2 Å². The number of carbonyl (C=O) groups is 1. The van der Waals surface area contributed by atoms with Gasteiger partial charge >= 0.3 is 0 Å². The van der Waals surface area contributed by atoms with E-state index in [1.54, 1.807) is 0 Å². The van der Waals surface area contributed by atoms with Gasteiger partial charge in [-0.2, -0.15) is 5.10 Å². The fourth-order valence-corrected chi connectivity index (χ4v) is 2.00. The first-order chi connectivity index (χ1) is 9.10. The minimum atomic E-state index is -0.309. The quantitative estimate of drug-likeness (QED) is 0.801. The number of aromatic nitrogens is 2. The molecule has 104 valence electrons. The first kappa shape index (κ1) is 13.7. The van der Waals surface area contributed by atoms with Crippen LogP contribution in [0, 0.1) is 0 Å². The Bertz CT molecular complexity index is 506. The van der Waals surface area contributed by atoms with Gasteiger partial charge < -0.3 is 10.4 Å². The molecule has 19 heavy (non-hydrogen) atoms. The van der Waals surface area contributed by atoms with Crippen molar-refractivity contribution in [3.63, 3.8) is 0 Å². The number of hydrogen-bond donors (Lipinski definition) is 2. The molecule has 0 unspecified atom stereocenters. The molecular weight excluding hydrogens is 246 g/mol. The minimum absolute atomic E-state index is 0.0142. The Morgan fingerprint density at radius 2 is 2.26 bits per heavy atom. The van der Waals surface area contributed by atoms with Gasteiger partial charge in [0.05, 0.1) is 6.10 Å². The molecule has 1 fully saturated rings. The third-order valence-electron chi connectivity index (χ3n) is 3.27. The molecule has 0 radical (unpaired) electrons. The summed E-state index contributed by atoms with van der Waals surface area (Å²) < 4.78 is 1.33. The molecule has 0 aromatic carbocycles. The maximum Gasteiger partial charge on any atom is 0.271 e. The highest BCUT2D eigenvalue weighted by molar-refractivity contribution is 5.92. The van der Waals surface area contributed by atoms with E-state index in [0.717, 1.165) is 12.8 Å². The van der Waals surface area contributed by atoms with Crippen LogP contribution in [0.15, 0.2) is 16.9 Å². The molecule has 1 aromatic heterocycles. The van der Waals surface area contributed by atoms with Crippen LogP contribution in [0.1, 0.15) is 43.1 Å². The Kier molecular flexibility index (Phi) is 4.31. The Balaban J connectivity index is 2.02. The van der Waals surface area contributed by atoms with Crippen LogP contribution in [0.25, 0.3) is 0 Å². The molecule has 0 bridgehead atoms. The highest BCUT2D eigenvalue weighted by Crippen LogP contribution is 2.19. The lowest BCUT2D eigenvalue weighted by molar-refractivity contribution is 0.0559. The van der Waals surface area contributed by atoms with Crippen LogP contribution in [0.3, 0.4) is 0 Å². The summed E-state index contributed by atoms with van der Waals surface area (Å²) in [4.78, 5) is 23.5. The summed E-state index contributed by atoms with van der Waals surface area (Å²) in [6.45, 7) is 2.56. The van der Waals surface area contributed by atoms with Crippen molar-refractivity contribution >= 4 is 5.91 Å². The molecule has 0 saturated heterocycles. The molecule has 1 saturated carbocycles. The standard InChI is InChI=1S/C13H19N3O3/c1-2-3-6-16-12(18)5-4-11(15-16)13(19)14-9-7-10(17)8-9/h4-5,9-10,17H,2-3,6-8H2,1H3,(H,14,19). The number of aliphatic hydroxyl groups excluding tert-OH is 1.